The van der Waals surface area contributed by atoms with E-state index in [1.165, 1.54) is 11.3 Å². The fraction of sp³-hybridized carbons (Fsp3) is 0.0667. The summed E-state index contributed by atoms with van der Waals surface area (Å²) in [4.78, 5) is 17.0. The molecule has 0 N–H and O–H groups in total. The van der Waals surface area contributed by atoms with Gasteiger partial charge in [0.05, 0.1) is 9.90 Å². The highest BCUT2D eigenvalue weighted by molar-refractivity contribution is 7.20. The van der Waals surface area contributed by atoms with Crippen LogP contribution in [0.5, 0.6) is 0 Å². The molecular formula is C15H10ClNOS. The molecule has 0 saturated carbocycles. The number of thiophene rings is 1. The van der Waals surface area contributed by atoms with Crippen molar-refractivity contribution in [1.29, 1.82) is 0 Å². The van der Waals surface area contributed by atoms with Gasteiger partial charge >= 0.3 is 0 Å². The van der Waals surface area contributed by atoms with Gasteiger partial charge in [0, 0.05) is 23.5 Å². The number of ketones is 1. The smallest absolute Gasteiger partial charge is 0.177 e. The molecule has 0 unspecified atom stereocenters. The highest BCUT2D eigenvalue weighted by atomic mass is 35.5. The Labute approximate surface area is 119 Å². The minimum atomic E-state index is 0.0919. The maximum Gasteiger partial charge on any atom is 0.177 e. The van der Waals surface area contributed by atoms with Gasteiger partial charge in [-0.25, -0.2) is 0 Å². The Kier molecular flexibility index (Phi) is 3.32. The first-order valence-electron chi connectivity index (χ1n) is 5.84. The first-order chi connectivity index (χ1) is 9.24. The van der Waals surface area contributed by atoms with Gasteiger partial charge in [0.25, 0.3) is 0 Å². The first-order valence-corrected chi connectivity index (χ1v) is 7.03. The van der Waals surface area contributed by atoms with Crippen molar-refractivity contribution in [3.05, 3.63) is 64.3 Å². The largest absolute Gasteiger partial charge is 0.293 e. The number of fused-ring (bicyclic) bond motifs is 1. The molecule has 0 spiro atoms. The van der Waals surface area contributed by atoms with Gasteiger partial charge in [-0.1, -0.05) is 29.8 Å². The van der Waals surface area contributed by atoms with Gasteiger partial charge in [-0.05, 0) is 29.1 Å². The summed E-state index contributed by atoms with van der Waals surface area (Å²) in [6.45, 7) is 0. The zero-order valence-electron chi connectivity index (χ0n) is 9.97. The van der Waals surface area contributed by atoms with Crippen LogP contribution in [0.15, 0.2) is 48.8 Å². The summed E-state index contributed by atoms with van der Waals surface area (Å²) in [5.41, 5.74) is 0.819. The van der Waals surface area contributed by atoms with E-state index in [0.29, 0.717) is 11.4 Å². The summed E-state index contributed by atoms with van der Waals surface area (Å²) in [7, 11) is 0. The van der Waals surface area contributed by atoms with Crippen LogP contribution in [-0.2, 0) is 6.42 Å². The van der Waals surface area contributed by atoms with Crippen LogP contribution < -0.4 is 0 Å². The number of halogens is 1. The highest BCUT2D eigenvalue weighted by Crippen LogP contribution is 2.27. The topological polar surface area (TPSA) is 30.0 Å². The van der Waals surface area contributed by atoms with Crippen LogP contribution in [0.25, 0.3) is 10.1 Å². The second kappa shape index (κ2) is 5.11. The van der Waals surface area contributed by atoms with E-state index in [1.54, 1.807) is 18.5 Å². The molecule has 2 aromatic heterocycles. The van der Waals surface area contributed by atoms with E-state index in [-0.39, 0.29) is 5.78 Å². The van der Waals surface area contributed by atoms with Crippen molar-refractivity contribution in [3.63, 3.8) is 0 Å². The average molecular weight is 288 g/mol. The highest BCUT2D eigenvalue weighted by Gasteiger charge is 2.12. The number of pyridine rings is 1. The van der Waals surface area contributed by atoms with E-state index in [9.17, 15) is 4.79 Å². The molecule has 1 aromatic carbocycles. The second-order valence-electron chi connectivity index (χ2n) is 4.22. The van der Waals surface area contributed by atoms with E-state index in [2.05, 4.69) is 4.98 Å². The standard InChI is InChI=1S/C15H10ClNOS/c16-12-9-17-6-5-10(12)7-13(18)15-8-11-3-1-2-4-14(11)19-15/h1-6,8-9H,7H2. The van der Waals surface area contributed by atoms with E-state index >= 15 is 0 Å². The lowest BCUT2D eigenvalue weighted by molar-refractivity contribution is 0.0997. The van der Waals surface area contributed by atoms with E-state index in [0.717, 1.165) is 20.5 Å². The van der Waals surface area contributed by atoms with E-state index < -0.39 is 0 Å². The van der Waals surface area contributed by atoms with Crippen molar-refractivity contribution >= 4 is 38.8 Å². The third-order valence-corrected chi connectivity index (χ3v) is 4.41. The lowest BCUT2D eigenvalue weighted by Gasteiger charge is -2.00. The SMILES string of the molecule is O=C(Cc1ccncc1Cl)c1cc2ccccc2s1. The monoisotopic (exact) mass is 287 g/mol. The van der Waals surface area contributed by atoms with Crippen LogP contribution in [0.4, 0.5) is 0 Å². The van der Waals surface area contributed by atoms with Gasteiger partial charge in [-0.2, -0.15) is 0 Å². The number of benzene rings is 1. The van der Waals surface area contributed by atoms with Crippen LogP contribution in [0.2, 0.25) is 5.02 Å². The molecule has 3 rings (SSSR count). The quantitative estimate of drug-likeness (QED) is 0.669. The minimum absolute atomic E-state index is 0.0919. The molecule has 3 aromatic rings. The molecule has 0 bridgehead atoms. The van der Waals surface area contributed by atoms with Crippen LogP contribution >= 0.6 is 22.9 Å². The number of carbonyl (C=O) groups excluding carboxylic acids is 1. The maximum atomic E-state index is 12.3. The molecular weight excluding hydrogens is 278 g/mol. The Bertz CT molecular complexity index is 717. The molecule has 0 aliphatic rings. The number of hydrogen-bond acceptors (Lipinski definition) is 3. The van der Waals surface area contributed by atoms with Gasteiger partial charge in [-0.15, -0.1) is 11.3 Å². The molecule has 19 heavy (non-hydrogen) atoms. The van der Waals surface area contributed by atoms with E-state index in [1.807, 2.05) is 30.3 Å². The molecule has 0 fully saturated rings. The van der Waals surface area contributed by atoms with Crippen molar-refractivity contribution in [1.82, 2.24) is 4.98 Å². The predicted molar refractivity (Wildman–Crippen MR) is 79.1 cm³/mol. The summed E-state index contributed by atoms with van der Waals surface area (Å²) in [6, 6.07) is 11.7. The van der Waals surface area contributed by atoms with Crippen LogP contribution in [0.1, 0.15) is 15.2 Å². The molecule has 0 radical (unpaired) electrons. The lowest BCUT2D eigenvalue weighted by atomic mass is 10.1. The summed E-state index contributed by atoms with van der Waals surface area (Å²) in [5.74, 6) is 0.0919. The molecule has 4 heteroatoms. The minimum Gasteiger partial charge on any atom is -0.293 e. The molecule has 0 aliphatic carbocycles. The molecule has 0 aliphatic heterocycles. The molecule has 0 amide bonds. The summed E-state index contributed by atoms with van der Waals surface area (Å²) in [6.07, 6.45) is 3.53. The van der Waals surface area contributed by atoms with Crippen molar-refractivity contribution in [2.24, 2.45) is 0 Å². The van der Waals surface area contributed by atoms with Gasteiger partial charge in [0.15, 0.2) is 5.78 Å². The molecule has 2 nitrogen and oxygen atoms in total. The Hall–Kier alpha value is -1.71. The predicted octanol–water partition coefficient (Wildman–Crippen LogP) is 4.38. The normalized spacial score (nSPS) is 10.8. The average Bonchev–Trinajstić information content (AvgIpc) is 2.85. The number of nitrogens with zero attached hydrogens (tertiary/aromatic N) is 1. The van der Waals surface area contributed by atoms with Gasteiger partial charge in [0.1, 0.15) is 0 Å². The molecule has 2 heterocycles. The fourth-order valence-corrected chi connectivity index (χ4v) is 3.11. The summed E-state index contributed by atoms with van der Waals surface area (Å²) < 4.78 is 1.13. The zero-order chi connectivity index (χ0) is 13.2. The third kappa shape index (κ3) is 2.53. The Morgan fingerprint density at radius 2 is 2.11 bits per heavy atom. The van der Waals surface area contributed by atoms with Crippen LogP contribution in [0, 0.1) is 0 Å². The van der Waals surface area contributed by atoms with Gasteiger partial charge in [-0.3, -0.25) is 9.78 Å². The molecule has 94 valence electrons. The summed E-state index contributed by atoms with van der Waals surface area (Å²) >= 11 is 7.55. The van der Waals surface area contributed by atoms with Gasteiger partial charge < -0.3 is 0 Å². The molecule has 0 atom stereocenters. The van der Waals surface area contributed by atoms with Crippen LogP contribution in [0.3, 0.4) is 0 Å². The van der Waals surface area contributed by atoms with E-state index in [4.69, 9.17) is 11.6 Å². The van der Waals surface area contributed by atoms with Crippen molar-refractivity contribution in [3.8, 4) is 0 Å². The Morgan fingerprint density at radius 1 is 1.26 bits per heavy atom. The maximum absolute atomic E-state index is 12.3. The fourth-order valence-electron chi connectivity index (χ4n) is 1.93. The third-order valence-electron chi connectivity index (χ3n) is 2.91. The Balaban J connectivity index is 1.90. The number of aromatic nitrogens is 1. The number of rotatable bonds is 3. The van der Waals surface area contributed by atoms with Gasteiger partial charge in [0.2, 0.25) is 0 Å². The second-order valence-corrected chi connectivity index (χ2v) is 5.71. The number of hydrogen-bond donors (Lipinski definition) is 0. The zero-order valence-corrected chi connectivity index (χ0v) is 11.5. The van der Waals surface area contributed by atoms with Crippen molar-refractivity contribution < 1.29 is 4.79 Å². The summed E-state index contributed by atoms with van der Waals surface area (Å²) in [5, 5.41) is 1.65. The number of Topliss-reactive ketones (excluding diaryl/α,β-unsaturated/α-hetero) is 1. The van der Waals surface area contributed by atoms with Crippen molar-refractivity contribution in [2.75, 3.05) is 0 Å². The lowest BCUT2D eigenvalue weighted by Crippen LogP contribution is -2.01. The van der Waals surface area contributed by atoms with Crippen molar-refractivity contribution in [2.45, 2.75) is 6.42 Å². The number of carbonyl (C=O) groups is 1. The first kappa shape index (κ1) is 12.3. The van der Waals surface area contributed by atoms with Crippen LogP contribution in [-0.4, -0.2) is 10.8 Å². The molecule has 0 saturated heterocycles. The Morgan fingerprint density at radius 3 is 2.89 bits per heavy atom.